The normalized spacial score (nSPS) is 11.6. The molecular weight excluding hydrogens is 388 g/mol. The van der Waals surface area contributed by atoms with Gasteiger partial charge in [0.1, 0.15) is 11.8 Å². The van der Waals surface area contributed by atoms with E-state index in [0.717, 1.165) is 11.3 Å². The molecule has 0 aliphatic carbocycles. The topological polar surface area (TPSA) is 58.6 Å². The molecule has 0 saturated carbocycles. The lowest BCUT2D eigenvalue weighted by Gasteiger charge is -2.29. The molecule has 0 aromatic heterocycles. The Kier molecular flexibility index (Phi) is 9.00. The van der Waals surface area contributed by atoms with Crippen molar-refractivity contribution in [3.8, 4) is 5.75 Å². The van der Waals surface area contributed by atoms with E-state index in [1.807, 2.05) is 56.3 Å². The summed E-state index contributed by atoms with van der Waals surface area (Å²) in [5, 5.41) is 3.39. The van der Waals surface area contributed by atoms with Gasteiger partial charge < -0.3 is 15.0 Å². The summed E-state index contributed by atoms with van der Waals surface area (Å²) in [6.07, 6.45) is 0.872. The third-order valence-corrected chi connectivity index (χ3v) is 4.82. The van der Waals surface area contributed by atoms with Crippen molar-refractivity contribution >= 4 is 23.4 Å². The molecular formula is C23H29ClN2O3. The molecule has 2 aromatic carbocycles. The van der Waals surface area contributed by atoms with Gasteiger partial charge in [0.15, 0.2) is 0 Å². The van der Waals surface area contributed by atoms with Crippen molar-refractivity contribution in [2.75, 3.05) is 13.2 Å². The number of hydrogen-bond donors (Lipinski definition) is 1. The van der Waals surface area contributed by atoms with Crippen molar-refractivity contribution < 1.29 is 14.3 Å². The second-order valence-electron chi connectivity index (χ2n) is 6.99. The quantitative estimate of drug-likeness (QED) is 0.585. The van der Waals surface area contributed by atoms with Gasteiger partial charge in [0.25, 0.3) is 0 Å². The third kappa shape index (κ3) is 7.42. The van der Waals surface area contributed by atoms with Gasteiger partial charge in [-0.3, -0.25) is 9.59 Å². The number of nitrogens with one attached hydrogen (secondary N) is 1. The first kappa shape index (κ1) is 22.8. The minimum Gasteiger partial charge on any atom is -0.494 e. The van der Waals surface area contributed by atoms with E-state index in [4.69, 9.17) is 16.3 Å². The van der Waals surface area contributed by atoms with E-state index in [9.17, 15) is 9.59 Å². The molecule has 0 spiro atoms. The Bertz CT molecular complexity index is 808. The highest BCUT2D eigenvalue weighted by Crippen LogP contribution is 2.16. The zero-order valence-electron chi connectivity index (χ0n) is 17.3. The van der Waals surface area contributed by atoms with E-state index in [2.05, 4.69) is 5.32 Å². The fraction of sp³-hybridized carbons (Fsp3) is 0.391. The van der Waals surface area contributed by atoms with Crippen LogP contribution in [0.1, 0.15) is 37.8 Å². The van der Waals surface area contributed by atoms with Crippen LogP contribution in [0, 0.1) is 6.92 Å². The van der Waals surface area contributed by atoms with Crippen LogP contribution in [0.2, 0.25) is 5.02 Å². The maximum Gasteiger partial charge on any atom is 0.242 e. The first-order chi connectivity index (χ1) is 13.9. The Morgan fingerprint density at radius 2 is 1.90 bits per heavy atom. The van der Waals surface area contributed by atoms with E-state index < -0.39 is 6.04 Å². The van der Waals surface area contributed by atoms with E-state index in [1.54, 1.807) is 17.9 Å². The minimum absolute atomic E-state index is 0.0868. The fourth-order valence-corrected chi connectivity index (χ4v) is 3.14. The summed E-state index contributed by atoms with van der Waals surface area (Å²) < 4.78 is 5.70. The molecule has 0 fully saturated rings. The lowest BCUT2D eigenvalue weighted by Crippen LogP contribution is -2.47. The van der Waals surface area contributed by atoms with Gasteiger partial charge in [0.2, 0.25) is 11.8 Å². The first-order valence-corrected chi connectivity index (χ1v) is 10.3. The van der Waals surface area contributed by atoms with Gasteiger partial charge in [-0.1, -0.05) is 41.4 Å². The van der Waals surface area contributed by atoms with Gasteiger partial charge in [0.05, 0.1) is 6.61 Å². The Balaban J connectivity index is 1.97. The Hall–Kier alpha value is -2.53. The van der Waals surface area contributed by atoms with E-state index >= 15 is 0 Å². The van der Waals surface area contributed by atoms with Crippen molar-refractivity contribution in [1.82, 2.24) is 10.2 Å². The van der Waals surface area contributed by atoms with Crippen LogP contribution < -0.4 is 10.1 Å². The fourth-order valence-electron chi connectivity index (χ4n) is 2.93. The largest absolute Gasteiger partial charge is 0.494 e. The number of likely N-dealkylation sites (N-methyl/N-ethyl adjacent to an activating group) is 1. The Morgan fingerprint density at radius 3 is 2.55 bits per heavy atom. The van der Waals surface area contributed by atoms with Crippen molar-refractivity contribution in [2.45, 2.75) is 46.2 Å². The van der Waals surface area contributed by atoms with Crippen LogP contribution >= 0.6 is 11.6 Å². The number of ether oxygens (including phenoxy) is 1. The van der Waals surface area contributed by atoms with Gasteiger partial charge in [-0.05, 0) is 57.0 Å². The number of carbonyl (C=O) groups is 2. The summed E-state index contributed by atoms with van der Waals surface area (Å²) >= 11 is 6.07. The van der Waals surface area contributed by atoms with E-state index in [-0.39, 0.29) is 11.8 Å². The molecule has 5 nitrogen and oxygen atoms in total. The van der Waals surface area contributed by atoms with Crippen molar-refractivity contribution in [1.29, 1.82) is 0 Å². The molecule has 0 aliphatic heterocycles. The van der Waals surface area contributed by atoms with E-state index in [0.29, 0.717) is 37.6 Å². The number of hydrogen-bond acceptors (Lipinski definition) is 3. The zero-order valence-corrected chi connectivity index (χ0v) is 18.0. The van der Waals surface area contributed by atoms with E-state index in [1.165, 1.54) is 5.56 Å². The molecule has 1 atom stereocenters. The molecule has 6 heteroatoms. The van der Waals surface area contributed by atoms with Crippen LogP contribution in [0.15, 0.2) is 48.5 Å². The zero-order chi connectivity index (χ0) is 21.2. The third-order valence-electron chi connectivity index (χ3n) is 4.58. The average Bonchev–Trinajstić information content (AvgIpc) is 2.70. The molecule has 156 valence electrons. The number of carbonyl (C=O) groups excluding carboxylic acids is 2. The van der Waals surface area contributed by atoms with Gasteiger partial charge in [-0.2, -0.15) is 0 Å². The predicted octanol–water partition coefficient (Wildman–Crippen LogP) is 4.36. The minimum atomic E-state index is -0.570. The number of benzene rings is 2. The average molecular weight is 417 g/mol. The highest BCUT2D eigenvalue weighted by molar-refractivity contribution is 6.30. The highest BCUT2D eigenvalue weighted by Gasteiger charge is 2.25. The Morgan fingerprint density at radius 1 is 1.17 bits per heavy atom. The van der Waals surface area contributed by atoms with Crippen molar-refractivity contribution in [3.05, 3.63) is 64.7 Å². The number of rotatable bonds is 10. The maximum absolute atomic E-state index is 12.9. The number of aryl methyl sites for hydroxylation is 1. The lowest BCUT2D eigenvalue weighted by molar-refractivity contribution is -0.140. The number of amides is 2. The molecule has 29 heavy (non-hydrogen) atoms. The summed E-state index contributed by atoms with van der Waals surface area (Å²) in [6.45, 7) is 6.91. The second-order valence-corrected chi connectivity index (χ2v) is 7.42. The number of nitrogens with zero attached hydrogens (tertiary/aromatic N) is 1. The molecule has 1 N–H and O–H groups in total. The standard InChI is InChI=1S/C23H29ClN2O3/c1-4-25-23(28)18(3)26(16-19-7-5-8-20(24)15-19)22(27)9-6-14-29-21-12-10-17(2)11-13-21/h5,7-8,10-13,15,18H,4,6,9,14,16H2,1-3H3,(H,25,28)/t18-/m0/s1. The monoisotopic (exact) mass is 416 g/mol. The SMILES string of the molecule is CCNC(=O)[C@H](C)N(Cc1cccc(Cl)c1)C(=O)CCCOc1ccc(C)cc1. The summed E-state index contributed by atoms with van der Waals surface area (Å²) in [7, 11) is 0. The highest BCUT2D eigenvalue weighted by atomic mass is 35.5. The maximum atomic E-state index is 12.9. The van der Waals surface area contributed by atoms with Crippen LogP contribution in [-0.4, -0.2) is 35.9 Å². The smallest absolute Gasteiger partial charge is 0.242 e. The second kappa shape index (κ2) is 11.5. The summed E-state index contributed by atoms with van der Waals surface area (Å²) in [5.41, 5.74) is 2.06. The first-order valence-electron chi connectivity index (χ1n) is 9.91. The van der Waals surface area contributed by atoms with Crippen LogP contribution in [0.3, 0.4) is 0 Å². The molecule has 0 radical (unpaired) electrons. The van der Waals surface area contributed by atoms with Crippen LogP contribution in [0.5, 0.6) is 5.75 Å². The molecule has 2 rings (SSSR count). The van der Waals surface area contributed by atoms with Gasteiger partial charge in [0, 0.05) is 24.5 Å². The van der Waals surface area contributed by atoms with Gasteiger partial charge in [-0.15, -0.1) is 0 Å². The molecule has 2 aromatic rings. The molecule has 0 unspecified atom stereocenters. The molecule has 0 aliphatic rings. The number of halogens is 1. The summed E-state index contributed by atoms with van der Waals surface area (Å²) in [5.74, 6) is 0.532. The van der Waals surface area contributed by atoms with Gasteiger partial charge in [-0.25, -0.2) is 0 Å². The Labute approximate surface area is 178 Å². The van der Waals surface area contributed by atoms with Crippen LogP contribution in [0.4, 0.5) is 0 Å². The van der Waals surface area contributed by atoms with Crippen LogP contribution in [-0.2, 0) is 16.1 Å². The summed E-state index contributed by atoms with van der Waals surface area (Å²) in [6, 6.07) is 14.6. The summed E-state index contributed by atoms with van der Waals surface area (Å²) in [4.78, 5) is 26.8. The van der Waals surface area contributed by atoms with Gasteiger partial charge >= 0.3 is 0 Å². The lowest BCUT2D eigenvalue weighted by atomic mass is 10.1. The molecule has 0 saturated heterocycles. The molecule has 0 heterocycles. The molecule has 0 bridgehead atoms. The van der Waals surface area contributed by atoms with Crippen molar-refractivity contribution in [2.24, 2.45) is 0 Å². The predicted molar refractivity (Wildman–Crippen MR) is 116 cm³/mol. The van der Waals surface area contributed by atoms with Crippen LogP contribution in [0.25, 0.3) is 0 Å². The van der Waals surface area contributed by atoms with Crippen molar-refractivity contribution in [3.63, 3.8) is 0 Å². The molecule has 2 amide bonds.